The molecule has 0 saturated heterocycles. The molecule has 1 aromatic carbocycles. The summed E-state index contributed by atoms with van der Waals surface area (Å²) in [5.74, 6) is -0.234. The molecule has 1 aromatic heterocycles. The molecule has 1 atom stereocenters. The van der Waals surface area contributed by atoms with Crippen molar-refractivity contribution in [2.45, 2.75) is 26.3 Å². The first-order chi connectivity index (χ1) is 8.52. The van der Waals surface area contributed by atoms with E-state index in [1.807, 2.05) is 20.0 Å². The van der Waals surface area contributed by atoms with Gasteiger partial charge in [-0.05, 0) is 42.7 Å². The van der Waals surface area contributed by atoms with E-state index < -0.39 is 0 Å². The summed E-state index contributed by atoms with van der Waals surface area (Å²) in [7, 11) is 1.88. The Morgan fingerprint density at radius 2 is 2.11 bits per heavy atom. The molecule has 3 nitrogen and oxygen atoms in total. The van der Waals surface area contributed by atoms with Gasteiger partial charge in [-0.25, -0.2) is 4.39 Å². The molecule has 0 aliphatic carbocycles. The fraction of sp³-hybridized carbons (Fsp3) is 0.357. The Labute approximate surface area is 106 Å². The third kappa shape index (κ3) is 2.29. The molecule has 2 rings (SSSR count). The van der Waals surface area contributed by atoms with Crippen LogP contribution < -0.4 is 5.73 Å². The van der Waals surface area contributed by atoms with Crippen LogP contribution in [0.4, 0.5) is 4.39 Å². The van der Waals surface area contributed by atoms with Gasteiger partial charge in [-0.3, -0.25) is 4.68 Å². The Bertz CT molecular complexity index is 560. The molecule has 1 heterocycles. The summed E-state index contributed by atoms with van der Waals surface area (Å²) in [6.45, 7) is 3.93. The Balaban J connectivity index is 2.40. The van der Waals surface area contributed by atoms with Crippen molar-refractivity contribution >= 4 is 0 Å². The minimum Gasteiger partial charge on any atom is -0.319 e. The van der Waals surface area contributed by atoms with E-state index in [2.05, 4.69) is 12.0 Å². The van der Waals surface area contributed by atoms with E-state index in [4.69, 9.17) is 5.73 Å². The lowest BCUT2D eigenvalue weighted by molar-refractivity contribution is 0.622. The third-order valence-electron chi connectivity index (χ3n) is 3.21. The molecule has 96 valence electrons. The summed E-state index contributed by atoms with van der Waals surface area (Å²) >= 11 is 0. The van der Waals surface area contributed by atoms with Crippen molar-refractivity contribution < 1.29 is 4.39 Å². The third-order valence-corrected chi connectivity index (χ3v) is 3.21. The molecule has 2 aromatic rings. The van der Waals surface area contributed by atoms with Gasteiger partial charge in [0.25, 0.3) is 0 Å². The molecular weight excluding hydrogens is 229 g/mol. The Hall–Kier alpha value is -1.68. The molecule has 0 radical (unpaired) electrons. The van der Waals surface area contributed by atoms with Crippen molar-refractivity contribution in [3.05, 3.63) is 52.6 Å². The van der Waals surface area contributed by atoms with Gasteiger partial charge in [0.1, 0.15) is 5.82 Å². The highest BCUT2D eigenvalue weighted by Crippen LogP contribution is 2.23. The highest BCUT2D eigenvalue weighted by molar-refractivity contribution is 5.35. The van der Waals surface area contributed by atoms with Gasteiger partial charge in [0, 0.05) is 7.05 Å². The van der Waals surface area contributed by atoms with Crippen LogP contribution >= 0.6 is 0 Å². The predicted molar refractivity (Wildman–Crippen MR) is 69.8 cm³/mol. The zero-order chi connectivity index (χ0) is 13.3. The van der Waals surface area contributed by atoms with Crippen LogP contribution in [0.15, 0.2) is 24.3 Å². The van der Waals surface area contributed by atoms with Gasteiger partial charge in [-0.2, -0.15) is 5.10 Å². The molecule has 2 N–H and O–H groups in total. The lowest BCUT2D eigenvalue weighted by atomic mass is 9.99. The van der Waals surface area contributed by atoms with Gasteiger partial charge >= 0.3 is 0 Å². The normalized spacial score (nSPS) is 12.7. The van der Waals surface area contributed by atoms with Gasteiger partial charge in [0.05, 0.1) is 17.4 Å². The zero-order valence-electron chi connectivity index (χ0n) is 10.9. The number of hydrogen-bond donors (Lipinski definition) is 1. The number of rotatable bonds is 3. The van der Waals surface area contributed by atoms with Crippen LogP contribution in [-0.2, 0) is 13.5 Å². The number of hydrogen-bond acceptors (Lipinski definition) is 2. The van der Waals surface area contributed by atoms with Crippen molar-refractivity contribution in [3.63, 3.8) is 0 Å². The molecule has 0 amide bonds. The van der Waals surface area contributed by atoms with Crippen LogP contribution in [0.5, 0.6) is 0 Å². The number of aryl methyl sites for hydroxylation is 3. The van der Waals surface area contributed by atoms with E-state index in [-0.39, 0.29) is 11.9 Å². The van der Waals surface area contributed by atoms with Gasteiger partial charge in [-0.1, -0.05) is 13.0 Å². The number of benzene rings is 1. The van der Waals surface area contributed by atoms with Crippen LogP contribution in [0.1, 0.15) is 35.5 Å². The largest absolute Gasteiger partial charge is 0.319 e. The summed E-state index contributed by atoms with van der Waals surface area (Å²) in [5, 5.41) is 4.39. The first-order valence-corrected chi connectivity index (χ1v) is 6.07. The Morgan fingerprint density at radius 3 is 2.67 bits per heavy atom. The van der Waals surface area contributed by atoms with Crippen molar-refractivity contribution in [1.29, 1.82) is 0 Å². The summed E-state index contributed by atoms with van der Waals surface area (Å²) < 4.78 is 14.9. The maximum Gasteiger partial charge on any atom is 0.123 e. The first-order valence-electron chi connectivity index (χ1n) is 6.07. The van der Waals surface area contributed by atoms with E-state index in [1.165, 1.54) is 12.1 Å². The van der Waals surface area contributed by atoms with E-state index >= 15 is 0 Å². The van der Waals surface area contributed by atoms with Crippen molar-refractivity contribution in [3.8, 4) is 0 Å². The topological polar surface area (TPSA) is 43.8 Å². The minimum atomic E-state index is -0.275. The standard InChI is InChI=1S/C14H18FN3/c1-4-11-8-13(18(3)17-11)14(16)12-6-5-10(15)7-9(12)2/h5-8,14H,4,16H2,1-3H3. The second-order valence-electron chi connectivity index (χ2n) is 4.52. The fourth-order valence-electron chi connectivity index (χ4n) is 2.15. The highest BCUT2D eigenvalue weighted by Gasteiger charge is 2.16. The van der Waals surface area contributed by atoms with Crippen molar-refractivity contribution in [2.75, 3.05) is 0 Å². The molecule has 0 bridgehead atoms. The highest BCUT2D eigenvalue weighted by atomic mass is 19.1. The molecular formula is C14H18FN3. The van der Waals surface area contributed by atoms with Gasteiger partial charge in [0.15, 0.2) is 0 Å². The monoisotopic (exact) mass is 247 g/mol. The van der Waals surface area contributed by atoms with Crippen LogP contribution in [0.2, 0.25) is 0 Å². The smallest absolute Gasteiger partial charge is 0.123 e. The first kappa shape index (κ1) is 12.8. The maximum absolute atomic E-state index is 13.1. The summed E-state index contributed by atoms with van der Waals surface area (Å²) in [5.41, 5.74) is 10.0. The minimum absolute atomic E-state index is 0.234. The van der Waals surface area contributed by atoms with Crippen LogP contribution in [0.3, 0.4) is 0 Å². The lowest BCUT2D eigenvalue weighted by Crippen LogP contribution is -2.17. The summed E-state index contributed by atoms with van der Waals surface area (Å²) in [4.78, 5) is 0. The van der Waals surface area contributed by atoms with E-state index in [0.717, 1.165) is 28.9 Å². The van der Waals surface area contributed by atoms with E-state index in [0.29, 0.717) is 0 Å². The second-order valence-corrected chi connectivity index (χ2v) is 4.52. The summed E-state index contributed by atoms with van der Waals surface area (Å²) in [6, 6.07) is 6.43. The predicted octanol–water partition coefficient (Wildman–Crippen LogP) is 2.48. The molecule has 1 unspecified atom stereocenters. The molecule has 0 aliphatic heterocycles. The molecule has 18 heavy (non-hydrogen) atoms. The van der Waals surface area contributed by atoms with Crippen molar-refractivity contribution in [1.82, 2.24) is 9.78 Å². The number of nitrogens with zero attached hydrogens (tertiary/aromatic N) is 2. The number of aromatic nitrogens is 2. The molecule has 0 aliphatic rings. The summed E-state index contributed by atoms with van der Waals surface area (Å²) in [6.07, 6.45) is 0.878. The van der Waals surface area contributed by atoms with Gasteiger partial charge in [-0.15, -0.1) is 0 Å². The van der Waals surface area contributed by atoms with Crippen LogP contribution in [0.25, 0.3) is 0 Å². The van der Waals surface area contributed by atoms with Gasteiger partial charge < -0.3 is 5.73 Å². The lowest BCUT2D eigenvalue weighted by Gasteiger charge is -2.15. The maximum atomic E-state index is 13.1. The number of halogens is 1. The van der Waals surface area contributed by atoms with Gasteiger partial charge in [0.2, 0.25) is 0 Å². The molecule has 0 fully saturated rings. The zero-order valence-corrected chi connectivity index (χ0v) is 10.9. The molecule has 0 saturated carbocycles. The second kappa shape index (κ2) is 4.90. The Morgan fingerprint density at radius 1 is 1.39 bits per heavy atom. The molecule has 4 heteroatoms. The molecule has 0 spiro atoms. The van der Waals surface area contributed by atoms with Crippen molar-refractivity contribution in [2.24, 2.45) is 12.8 Å². The fourth-order valence-corrected chi connectivity index (χ4v) is 2.15. The van der Waals surface area contributed by atoms with Crippen LogP contribution in [0, 0.1) is 12.7 Å². The Kier molecular flexibility index (Phi) is 3.48. The van der Waals surface area contributed by atoms with E-state index in [9.17, 15) is 4.39 Å². The van der Waals surface area contributed by atoms with Crippen LogP contribution in [-0.4, -0.2) is 9.78 Å². The van der Waals surface area contributed by atoms with E-state index in [1.54, 1.807) is 10.7 Å². The average molecular weight is 247 g/mol. The SMILES string of the molecule is CCc1cc(C(N)c2ccc(F)cc2C)n(C)n1. The quantitative estimate of drug-likeness (QED) is 0.905. The average Bonchev–Trinajstić information content (AvgIpc) is 2.70. The number of nitrogens with two attached hydrogens (primary N) is 1.